The maximum Gasteiger partial charge on any atom is 0.214 e. The predicted octanol–water partition coefficient (Wildman–Crippen LogP) is 6.04. The lowest BCUT2D eigenvalue weighted by Gasteiger charge is -2.37. The van der Waals surface area contributed by atoms with Crippen LogP contribution in [0.25, 0.3) is 0 Å². The second kappa shape index (κ2) is 7.15. The molecule has 3 heterocycles. The molecule has 0 saturated heterocycles. The minimum atomic E-state index is -0.231. The summed E-state index contributed by atoms with van der Waals surface area (Å²) in [6.45, 7) is 2.65. The summed E-state index contributed by atoms with van der Waals surface area (Å²) in [5, 5.41) is 11.9. The number of hydrogen-bond donors (Lipinski definition) is 0. The van der Waals surface area contributed by atoms with Crippen LogP contribution in [0.4, 0.5) is 0 Å². The van der Waals surface area contributed by atoms with E-state index in [4.69, 9.17) is 26.2 Å². The van der Waals surface area contributed by atoms with Crippen molar-refractivity contribution in [1.29, 1.82) is 0 Å². The highest BCUT2D eigenvalue weighted by Gasteiger charge is 2.41. The fourth-order valence-corrected chi connectivity index (χ4v) is 4.63. The van der Waals surface area contributed by atoms with Crippen LogP contribution in [0.15, 0.2) is 64.4 Å². The van der Waals surface area contributed by atoms with Crippen molar-refractivity contribution in [2.24, 2.45) is 5.10 Å². The molecule has 6 heteroatoms. The summed E-state index contributed by atoms with van der Waals surface area (Å²) in [5.41, 5.74) is 4.35. The molecule has 0 unspecified atom stereocenters. The quantitative estimate of drug-likeness (QED) is 0.525. The molecule has 0 bridgehead atoms. The summed E-state index contributed by atoms with van der Waals surface area (Å²) in [5.74, 6) is 1.75. The van der Waals surface area contributed by atoms with Gasteiger partial charge in [0.05, 0.1) is 18.4 Å². The summed E-state index contributed by atoms with van der Waals surface area (Å²) in [6.07, 6.45) is 0.579. The fraction of sp³-hybridized carbons (Fsp3) is 0.227. The van der Waals surface area contributed by atoms with Crippen LogP contribution in [-0.4, -0.2) is 17.3 Å². The van der Waals surface area contributed by atoms with Gasteiger partial charge in [-0.15, -0.1) is 0 Å². The van der Waals surface area contributed by atoms with Gasteiger partial charge in [0, 0.05) is 22.6 Å². The molecule has 3 aromatic rings. The molecule has 2 aromatic carbocycles. The van der Waals surface area contributed by atoms with Crippen molar-refractivity contribution in [2.75, 3.05) is 6.61 Å². The molecule has 2 atom stereocenters. The molecule has 0 fully saturated rings. The molecule has 142 valence electrons. The third-order valence-electron chi connectivity index (χ3n) is 5.08. The van der Waals surface area contributed by atoms with Gasteiger partial charge in [0.15, 0.2) is 0 Å². The lowest BCUT2D eigenvalue weighted by Crippen LogP contribution is -2.33. The topological polar surface area (TPSA) is 34.1 Å². The number of hydrogen-bond acceptors (Lipinski definition) is 5. The monoisotopic (exact) mass is 410 g/mol. The lowest BCUT2D eigenvalue weighted by molar-refractivity contribution is -0.0187. The van der Waals surface area contributed by atoms with Crippen LogP contribution in [0.3, 0.4) is 0 Å². The number of hydrazone groups is 1. The number of nitrogens with zero attached hydrogens (tertiary/aromatic N) is 2. The van der Waals surface area contributed by atoms with Crippen molar-refractivity contribution in [1.82, 2.24) is 5.01 Å². The van der Waals surface area contributed by atoms with Gasteiger partial charge in [-0.1, -0.05) is 11.6 Å². The summed E-state index contributed by atoms with van der Waals surface area (Å²) in [7, 11) is 0. The Balaban J connectivity index is 1.53. The standard InChI is InChI=1S/C22H19ClN2O2S/c1-2-26-17-6-3-14(4-7-17)19-12-20-18-11-16(23)5-8-21(18)27-22(25(20)24-19)15-9-10-28-13-15/h3-11,13,20,22H,2,12H2,1H3/t20-,22-/m0/s1. The molecule has 0 radical (unpaired) electrons. The minimum absolute atomic E-state index is 0.105. The van der Waals surface area contributed by atoms with Crippen molar-refractivity contribution in [3.8, 4) is 11.5 Å². The van der Waals surface area contributed by atoms with Gasteiger partial charge < -0.3 is 9.47 Å². The van der Waals surface area contributed by atoms with Crippen LogP contribution < -0.4 is 9.47 Å². The molecule has 0 saturated carbocycles. The molecular weight excluding hydrogens is 392 g/mol. The smallest absolute Gasteiger partial charge is 0.214 e. The Kier molecular flexibility index (Phi) is 4.49. The van der Waals surface area contributed by atoms with Crippen LogP contribution >= 0.6 is 22.9 Å². The normalized spacial score (nSPS) is 20.2. The number of rotatable bonds is 4. The van der Waals surface area contributed by atoms with Crippen LogP contribution in [0, 0.1) is 0 Å². The van der Waals surface area contributed by atoms with E-state index >= 15 is 0 Å². The predicted molar refractivity (Wildman–Crippen MR) is 112 cm³/mol. The molecule has 0 aliphatic carbocycles. The van der Waals surface area contributed by atoms with Crippen molar-refractivity contribution in [3.63, 3.8) is 0 Å². The lowest BCUT2D eigenvalue weighted by atomic mass is 9.96. The maximum atomic E-state index is 6.33. The average Bonchev–Trinajstić information content (AvgIpc) is 3.39. The Hall–Kier alpha value is -2.50. The molecule has 0 spiro atoms. The van der Waals surface area contributed by atoms with Crippen LogP contribution in [0.1, 0.15) is 42.3 Å². The number of halogens is 1. The van der Waals surface area contributed by atoms with Gasteiger partial charge in [0.2, 0.25) is 6.23 Å². The molecule has 1 aromatic heterocycles. The summed E-state index contributed by atoms with van der Waals surface area (Å²) in [4.78, 5) is 0. The van der Waals surface area contributed by atoms with E-state index in [0.717, 1.165) is 40.3 Å². The zero-order chi connectivity index (χ0) is 19.1. The van der Waals surface area contributed by atoms with Gasteiger partial charge in [0.25, 0.3) is 0 Å². The highest BCUT2D eigenvalue weighted by molar-refractivity contribution is 7.07. The summed E-state index contributed by atoms with van der Waals surface area (Å²) in [6, 6.07) is 16.2. The molecular formula is C22H19ClN2O2S. The Morgan fingerprint density at radius 1 is 1.21 bits per heavy atom. The van der Waals surface area contributed by atoms with Gasteiger partial charge in [0.1, 0.15) is 11.5 Å². The van der Waals surface area contributed by atoms with Gasteiger partial charge in [-0.3, -0.25) is 0 Å². The van der Waals surface area contributed by atoms with E-state index in [-0.39, 0.29) is 12.3 Å². The number of benzene rings is 2. The van der Waals surface area contributed by atoms with Crippen LogP contribution in [0.2, 0.25) is 5.02 Å². The molecule has 2 aliphatic rings. The number of thiophene rings is 1. The highest BCUT2D eigenvalue weighted by Crippen LogP contribution is 2.48. The third kappa shape index (κ3) is 3.05. The Morgan fingerprint density at radius 3 is 2.82 bits per heavy atom. The maximum absolute atomic E-state index is 6.33. The highest BCUT2D eigenvalue weighted by atomic mass is 35.5. The fourth-order valence-electron chi connectivity index (χ4n) is 3.78. The Morgan fingerprint density at radius 2 is 2.07 bits per heavy atom. The molecule has 0 amide bonds. The van der Waals surface area contributed by atoms with Gasteiger partial charge in [-0.25, -0.2) is 5.01 Å². The minimum Gasteiger partial charge on any atom is -0.494 e. The number of fused-ring (bicyclic) bond motifs is 3. The first-order valence-electron chi connectivity index (χ1n) is 9.30. The molecule has 0 N–H and O–H groups in total. The van der Waals surface area contributed by atoms with Crippen LogP contribution in [-0.2, 0) is 0 Å². The first-order chi connectivity index (χ1) is 13.7. The molecule has 4 nitrogen and oxygen atoms in total. The molecule has 28 heavy (non-hydrogen) atoms. The number of ether oxygens (including phenoxy) is 2. The zero-order valence-electron chi connectivity index (χ0n) is 15.3. The van der Waals surface area contributed by atoms with Gasteiger partial charge >= 0.3 is 0 Å². The van der Waals surface area contributed by atoms with E-state index in [1.807, 2.05) is 37.3 Å². The van der Waals surface area contributed by atoms with E-state index < -0.39 is 0 Å². The first-order valence-corrected chi connectivity index (χ1v) is 10.6. The molecule has 2 aliphatic heterocycles. The van der Waals surface area contributed by atoms with Gasteiger partial charge in [-0.05, 0) is 71.8 Å². The largest absolute Gasteiger partial charge is 0.494 e. The van der Waals surface area contributed by atoms with Crippen LogP contribution in [0.5, 0.6) is 11.5 Å². The van der Waals surface area contributed by atoms with Crippen molar-refractivity contribution >= 4 is 28.6 Å². The second-order valence-electron chi connectivity index (χ2n) is 6.81. The Bertz CT molecular complexity index is 1020. The van der Waals surface area contributed by atoms with Crippen molar-refractivity contribution in [3.05, 3.63) is 81.0 Å². The van der Waals surface area contributed by atoms with E-state index in [2.05, 4.69) is 34.0 Å². The SMILES string of the molecule is CCOc1ccc(C2=NN3[C@@H](C2)c2cc(Cl)ccc2O[C@H]3c2ccsc2)cc1. The van der Waals surface area contributed by atoms with E-state index in [1.54, 1.807) is 11.3 Å². The summed E-state index contributed by atoms with van der Waals surface area (Å²) >= 11 is 7.94. The zero-order valence-corrected chi connectivity index (χ0v) is 16.9. The van der Waals surface area contributed by atoms with Crippen molar-refractivity contribution in [2.45, 2.75) is 25.6 Å². The van der Waals surface area contributed by atoms with Gasteiger partial charge in [-0.2, -0.15) is 16.4 Å². The molecule has 5 rings (SSSR count). The van der Waals surface area contributed by atoms with E-state index in [0.29, 0.717) is 11.6 Å². The first kappa shape index (κ1) is 17.6. The van der Waals surface area contributed by atoms with Crippen molar-refractivity contribution < 1.29 is 9.47 Å². The third-order valence-corrected chi connectivity index (χ3v) is 6.02. The second-order valence-corrected chi connectivity index (χ2v) is 8.03. The average molecular weight is 411 g/mol. The Labute approximate surface area is 173 Å². The summed E-state index contributed by atoms with van der Waals surface area (Å²) < 4.78 is 11.9. The van der Waals surface area contributed by atoms with E-state index in [1.165, 1.54) is 0 Å². The van der Waals surface area contributed by atoms with E-state index in [9.17, 15) is 0 Å².